The van der Waals surface area contributed by atoms with Gasteiger partial charge in [-0.3, -0.25) is 0 Å². The van der Waals surface area contributed by atoms with Gasteiger partial charge in [0.15, 0.2) is 0 Å². The van der Waals surface area contributed by atoms with Crippen LogP contribution in [0, 0.1) is 18.3 Å². The Morgan fingerprint density at radius 1 is 1.12 bits per heavy atom. The summed E-state index contributed by atoms with van der Waals surface area (Å²) in [6.45, 7) is 4.32. The van der Waals surface area contributed by atoms with Crippen molar-refractivity contribution in [2.24, 2.45) is 0 Å². The number of H-pyrrole nitrogens is 1. The second-order valence-electron chi connectivity index (χ2n) is 6.92. The average Bonchev–Trinajstić information content (AvgIpc) is 3.10. The number of anilines is 1. The number of hydrogen-bond acceptors (Lipinski definition) is 3. The lowest BCUT2D eigenvalue weighted by atomic mass is 10.1. The van der Waals surface area contributed by atoms with Crippen LogP contribution in [0.25, 0.3) is 22.7 Å². The monoisotopic (exact) mass is 342 g/mol. The lowest BCUT2D eigenvalue weighted by Gasteiger charge is -2.28. The largest absolute Gasteiger partial charge is 0.372 e. The molecule has 1 aliphatic rings. The third-order valence-corrected chi connectivity index (χ3v) is 4.94. The topological polar surface area (TPSA) is 55.7 Å². The highest BCUT2D eigenvalue weighted by Crippen LogP contribution is 2.23. The van der Waals surface area contributed by atoms with Crippen molar-refractivity contribution in [2.45, 2.75) is 26.2 Å². The van der Waals surface area contributed by atoms with Gasteiger partial charge < -0.3 is 9.88 Å². The van der Waals surface area contributed by atoms with Gasteiger partial charge in [-0.15, -0.1) is 0 Å². The molecule has 26 heavy (non-hydrogen) atoms. The molecule has 2 heterocycles. The normalized spacial score (nSPS) is 15.2. The van der Waals surface area contributed by atoms with Crippen LogP contribution < -0.4 is 4.90 Å². The number of nitrogens with one attached hydrogen (secondary N) is 1. The van der Waals surface area contributed by atoms with E-state index in [0.717, 1.165) is 29.7 Å². The molecule has 0 atom stereocenters. The number of nitriles is 1. The number of hydrogen-bond donors (Lipinski definition) is 1. The highest BCUT2D eigenvalue weighted by molar-refractivity contribution is 5.90. The van der Waals surface area contributed by atoms with Crippen molar-refractivity contribution >= 4 is 28.4 Å². The number of allylic oxidation sites excluding steroid dienone is 1. The average molecular weight is 342 g/mol. The Bertz CT molecular complexity index is 983. The zero-order valence-electron chi connectivity index (χ0n) is 15.0. The van der Waals surface area contributed by atoms with Crippen molar-refractivity contribution in [1.82, 2.24) is 9.97 Å². The summed E-state index contributed by atoms with van der Waals surface area (Å²) in [6.07, 6.45) is 5.77. The third-order valence-electron chi connectivity index (χ3n) is 4.94. The van der Waals surface area contributed by atoms with Crippen molar-refractivity contribution in [3.05, 3.63) is 59.4 Å². The van der Waals surface area contributed by atoms with E-state index in [2.05, 4.69) is 45.2 Å². The van der Waals surface area contributed by atoms with Crippen molar-refractivity contribution in [2.75, 3.05) is 18.0 Å². The van der Waals surface area contributed by atoms with Crippen LogP contribution in [0.4, 0.5) is 5.69 Å². The molecule has 0 aliphatic carbocycles. The first-order valence-corrected chi connectivity index (χ1v) is 9.16. The minimum Gasteiger partial charge on any atom is -0.372 e. The van der Waals surface area contributed by atoms with Crippen LogP contribution in [-0.4, -0.2) is 23.1 Å². The molecule has 130 valence electrons. The maximum atomic E-state index is 9.59. The molecule has 1 aromatic heterocycles. The van der Waals surface area contributed by atoms with Crippen LogP contribution in [0.5, 0.6) is 0 Å². The molecule has 4 heteroatoms. The van der Waals surface area contributed by atoms with Gasteiger partial charge in [0.05, 0.1) is 16.6 Å². The van der Waals surface area contributed by atoms with E-state index in [1.54, 1.807) is 0 Å². The Hall–Kier alpha value is -3.06. The van der Waals surface area contributed by atoms with Crippen LogP contribution in [0.1, 0.15) is 36.2 Å². The highest BCUT2D eigenvalue weighted by atomic mass is 15.1. The van der Waals surface area contributed by atoms with E-state index in [9.17, 15) is 5.26 Å². The fraction of sp³-hybridized carbons (Fsp3) is 0.273. The summed E-state index contributed by atoms with van der Waals surface area (Å²) in [7, 11) is 0. The first kappa shape index (κ1) is 16.4. The summed E-state index contributed by atoms with van der Waals surface area (Å²) in [5.41, 5.74) is 5.83. The van der Waals surface area contributed by atoms with Gasteiger partial charge in [-0.1, -0.05) is 18.2 Å². The Balaban J connectivity index is 1.61. The van der Waals surface area contributed by atoms with Crippen LogP contribution in [0.2, 0.25) is 0 Å². The summed E-state index contributed by atoms with van der Waals surface area (Å²) in [6, 6.07) is 16.8. The number of rotatable bonds is 3. The Labute approximate surface area is 153 Å². The maximum absolute atomic E-state index is 9.59. The molecule has 4 rings (SSSR count). The molecule has 1 saturated heterocycles. The zero-order valence-corrected chi connectivity index (χ0v) is 15.0. The molecule has 0 saturated carbocycles. The molecule has 3 aromatic rings. The standard InChI is InChI=1S/C22H22N4/c1-16-5-10-20-21(13-16)25-22(24-20)18(15-23)14-17-6-8-19(9-7-17)26-11-3-2-4-12-26/h5-10,13-14H,2-4,11-12H2,1H3,(H,24,25)/b18-14-. The molecule has 1 aliphatic heterocycles. The van der Waals surface area contributed by atoms with Gasteiger partial charge in [0.1, 0.15) is 11.9 Å². The van der Waals surface area contributed by atoms with Crippen LogP contribution >= 0.6 is 0 Å². The van der Waals surface area contributed by atoms with Crippen molar-refractivity contribution in [3.8, 4) is 6.07 Å². The number of aryl methyl sites for hydroxylation is 1. The van der Waals surface area contributed by atoms with E-state index >= 15 is 0 Å². The molecule has 4 nitrogen and oxygen atoms in total. The summed E-state index contributed by atoms with van der Waals surface area (Å²) >= 11 is 0. The second kappa shape index (κ2) is 7.05. The quantitative estimate of drug-likeness (QED) is 0.687. The summed E-state index contributed by atoms with van der Waals surface area (Å²) in [5.74, 6) is 0.619. The summed E-state index contributed by atoms with van der Waals surface area (Å²) in [5, 5.41) is 9.59. The number of fused-ring (bicyclic) bond motifs is 1. The third kappa shape index (κ3) is 3.34. The minimum absolute atomic E-state index is 0.546. The van der Waals surface area contributed by atoms with Gasteiger partial charge in [0.25, 0.3) is 0 Å². The molecule has 0 bridgehead atoms. The molecule has 1 N–H and O–H groups in total. The number of aromatic amines is 1. The van der Waals surface area contributed by atoms with E-state index in [1.165, 1.54) is 30.5 Å². The number of benzene rings is 2. The molecular weight excluding hydrogens is 320 g/mol. The predicted molar refractivity (Wildman–Crippen MR) is 107 cm³/mol. The zero-order chi connectivity index (χ0) is 17.9. The minimum atomic E-state index is 0.546. The molecule has 0 spiro atoms. The molecule has 0 amide bonds. The second-order valence-corrected chi connectivity index (χ2v) is 6.92. The Kier molecular flexibility index (Phi) is 4.45. The number of nitrogens with zero attached hydrogens (tertiary/aromatic N) is 3. The SMILES string of the molecule is Cc1ccc2nc(/C(C#N)=C\c3ccc(N4CCCCC4)cc3)[nH]c2c1. The van der Waals surface area contributed by atoms with Crippen molar-refractivity contribution < 1.29 is 0 Å². The lowest BCUT2D eigenvalue weighted by Crippen LogP contribution is -2.29. The Morgan fingerprint density at radius 3 is 2.62 bits per heavy atom. The first-order chi connectivity index (χ1) is 12.7. The number of aromatic nitrogens is 2. The Morgan fingerprint density at radius 2 is 1.88 bits per heavy atom. The van der Waals surface area contributed by atoms with Gasteiger partial charge in [-0.25, -0.2) is 4.98 Å². The smallest absolute Gasteiger partial charge is 0.149 e. The van der Waals surface area contributed by atoms with Gasteiger partial charge in [-0.05, 0) is 67.7 Å². The van der Waals surface area contributed by atoms with E-state index in [-0.39, 0.29) is 0 Å². The van der Waals surface area contributed by atoms with Crippen LogP contribution in [0.15, 0.2) is 42.5 Å². The van der Waals surface area contributed by atoms with Gasteiger partial charge in [0.2, 0.25) is 0 Å². The molecule has 0 unspecified atom stereocenters. The van der Waals surface area contributed by atoms with Crippen molar-refractivity contribution in [1.29, 1.82) is 5.26 Å². The first-order valence-electron chi connectivity index (χ1n) is 9.16. The van der Waals surface area contributed by atoms with E-state index in [0.29, 0.717) is 11.4 Å². The molecular formula is C22H22N4. The van der Waals surface area contributed by atoms with Crippen LogP contribution in [-0.2, 0) is 0 Å². The van der Waals surface area contributed by atoms with Gasteiger partial charge in [-0.2, -0.15) is 5.26 Å². The summed E-state index contributed by atoms with van der Waals surface area (Å²) in [4.78, 5) is 10.3. The van der Waals surface area contributed by atoms with Gasteiger partial charge in [0, 0.05) is 18.8 Å². The molecule has 1 fully saturated rings. The lowest BCUT2D eigenvalue weighted by molar-refractivity contribution is 0.578. The fourth-order valence-electron chi connectivity index (χ4n) is 3.50. The summed E-state index contributed by atoms with van der Waals surface area (Å²) < 4.78 is 0. The van der Waals surface area contributed by atoms with E-state index in [4.69, 9.17) is 0 Å². The van der Waals surface area contributed by atoms with E-state index < -0.39 is 0 Å². The highest BCUT2D eigenvalue weighted by Gasteiger charge is 2.11. The van der Waals surface area contributed by atoms with E-state index in [1.807, 2.05) is 31.2 Å². The fourth-order valence-corrected chi connectivity index (χ4v) is 3.50. The molecule has 2 aromatic carbocycles. The van der Waals surface area contributed by atoms with Crippen molar-refractivity contribution in [3.63, 3.8) is 0 Å². The van der Waals surface area contributed by atoms with Crippen LogP contribution in [0.3, 0.4) is 0 Å². The molecule has 0 radical (unpaired) electrons. The maximum Gasteiger partial charge on any atom is 0.149 e. The number of piperidine rings is 1. The predicted octanol–water partition coefficient (Wildman–Crippen LogP) is 4.93. The number of imidazole rings is 1. The van der Waals surface area contributed by atoms with Gasteiger partial charge >= 0.3 is 0 Å².